The predicted octanol–water partition coefficient (Wildman–Crippen LogP) is 3.01. The molecule has 4 rings (SSSR count). The molecule has 1 unspecified atom stereocenters. The van der Waals surface area contributed by atoms with Crippen LogP contribution in [-0.2, 0) is 4.79 Å². The Labute approximate surface area is 115 Å². The fraction of sp³-hybridized carbons (Fsp3) is 0.875. The minimum Gasteiger partial charge on any atom is -0.353 e. The number of amides is 1. The molecule has 0 aromatic heterocycles. The lowest BCUT2D eigenvalue weighted by atomic mass is 9.49. The van der Waals surface area contributed by atoms with Crippen LogP contribution >= 0.6 is 0 Å². The maximum Gasteiger partial charge on any atom is 0.220 e. The molecule has 104 valence electrons. The fourth-order valence-corrected chi connectivity index (χ4v) is 5.36. The van der Waals surface area contributed by atoms with Crippen LogP contribution < -0.4 is 5.32 Å². The zero-order valence-electron chi connectivity index (χ0n) is 11.8. The topological polar surface area (TPSA) is 52.9 Å². The first-order valence-electron chi connectivity index (χ1n) is 7.75. The fourth-order valence-electron chi connectivity index (χ4n) is 5.36. The van der Waals surface area contributed by atoms with Crippen molar-refractivity contribution in [3.05, 3.63) is 0 Å². The molecule has 0 radical (unpaired) electrons. The third-order valence-electron chi connectivity index (χ3n) is 5.51. The summed E-state index contributed by atoms with van der Waals surface area (Å²) in [5, 5.41) is 11.6. The van der Waals surface area contributed by atoms with E-state index in [1.807, 2.05) is 6.92 Å². The standard InChI is InChI=1S/C16H24N2O/c1-11(2-3-17)18-15(19)10-16-7-12-4-13(8-16)6-14(5-12)9-16/h11-14H,2,4-10H2,1H3,(H,18,19). The Balaban J connectivity index is 1.60. The smallest absolute Gasteiger partial charge is 0.220 e. The van der Waals surface area contributed by atoms with E-state index in [1.165, 1.54) is 38.5 Å². The molecule has 0 heterocycles. The van der Waals surface area contributed by atoms with Crippen molar-refractivity contribution in [2.45, 2.75) is 64.3 Å². The Hall–Kier alpha value is -1.04. The van der Waals surface area contributed by atoms with Gasteiger partial charge in [0.05, 0.1) is 12.5 Å². The summed E-state index contributed by atoms with van der Waals surface area (Å²) in [6.45, 7) is 1.92. The highest BCUT2D eigenvalue weighted by atomic mass is 16.1. The third kappa shape index (κ3) is 2.63. The molecule has 3 heteroatoms. The second-order valence-electron chi connectivity index (χ2n) is 7.43. The molecule has 0 aromatic carbocycles. The number of hydrogen-bond donors (Lipinski definition) is 1. The van der Waals surface area contributed by atoms with Crippen LogP contribution in [0, 0.1) is 34.5 Å². The summed E-state index contributed by atoms with van der Waals surface area (Å²) in [6, 6.07) is 2.11. The quantitative estimate of drug-likeness (QED) is 0.844. The lowest BCUT2D eigenvalue weighted by Crippen LogP contribution is -2.48. The number of nitrogens with one attached hydrogen (secondary N) is 1. The van der Waals surface area contributed by atoms with Crippen molar-refractivity contribution in [1.82, 2.24) is 5.32 Å². The molecule has 1 atom stereocenters. The Kier molecular flexibility index (Phi) is 3.28. The second-order valence-corrected chi connectivity index (χ2v) is 7.43. The maximum atomic E-state index is 12.2. The SMILES string of the molecule is CC(CC#N)NC(=O)CC12CC3CC(CC(C3)C1)C2. The van der Waals surface area contributed by atoms with Gasteiger partial charge in [0.15, 0.2) is 0 Å². The van der Waals surface area contributed by atoms with Crippen LogP contribution in [0.5, 0.6) is 0 Å². The van der Waals surface area contributed by atoms with Gasteiger partial charge in [0.1, 0.15) is 0 Å². The van der Waals surface area contributed by atoms with E-state index < -0.39 is 0 Å². The molecule has 4 bridgehead atoms. The Morgan fingerprint density at radius 2 is 1.79 bits per heavy atom. The Bertz CT molecular complexity index is 374. The summed E-state index contributed by atoms with van der Waals surface area (Å²) in [7, 11) is 0. The molecule has 3 nitrogen and oxygen atoms in total. The highest BCUT2D eigenvalue weighted by molar-refractivity contribution is 5.77. The molecule has 4 fully saturated rings. The number of carbonyl (C=O) groups excluding carboxylic acids is 1. The first kappa shape index (κ1) is 13.0. The summed E-state index contributed by atoms with van der Waals surface area (Å²) in [6.07, 6.45) is 9.21. The molecule has 0 aliphatic heterocycles. The number of nitrogens with zero attached hydrogens (tertiary/aromatic N) is 1. The second kappa shape index (κ2) is 4.81. The van der Waals surface area contributed by atoms with Gasteiger partial charge in [-0.3, -0.25) is 4.79 Å². The zero-order chi connectivity index (χ0) is 13.5. The van der Waals surface area contributed by atoms with Gasteiger partial charge in [-0.2, -0.15) is 5.26 Å². The molecule has 1 N–H and O–H groups in total. The highest BCUT2D eigenvalue weighted by Crippen LogP contribution is 2.61. The summed E-state index contributed by atoms with van der Waals surface area (Å²) < 4.78 is 0. The molecule has 0 aromatic rings. The molecular formula is C16H24N2O. The van der Waals surface area contributed by atoms with Crippen LogP contribution in [0.25, 0.3) is 0 Å². The van der Waals surface area contributed by atoms with Crippen molar-refractivity contribution in [1.29, 1.82) is 5.26 Å². The minimum absolute atomic E-state index is 0.00795. The average molecular weight is 260 g/mol. The van der Waals surface area contributed by atoms with Gasteiger partial charge in [0.2, 0.25) is 5.91 Å². The largest absolute Gasteiger partial charge is 0.353 e. The molecule has 0 saturated heterocycles. The Morgan fingerprint density at radius 3 is 2.26 bits per heavy atom. The third-order valence-corrected chi connectivity index (χ3v) is 5.51. The van der Waals surface area contributed by atoms with E-state index in [2.05, 4.69) is 11.4 Å². The van der Waals surface area contributed by atoms with Crippen LogP contribution in [0.2, 0.25) is 0 Å². The van der Waals surface area contributed by atoms with E-state index in [-0.39, 0.29) is 11.9 Å². The number of carbonyl (C=O) groups is 1. The van der Waals surface area contributed by atoms with Crippen molar-refractivity contribution in [2.75, 3.05) is 0 Å². The van der Waals surface area contributed by atoms with Crippen LogP contribution in [0.4, 0.5) is 0 Å². The first-order chi connectivity index (χ1) is 9.08. The van der Waals surface area contributed by atoms with Gasteiger partial charge in [0.25, 0.3) is 0 Å². The van der Waals surface area contributed by atoms with Gasteiger partial charge >= 0.3 is 0 Å². The lowest BCUT2D eigenvalue weighted by Gasteiger charge is -2.56. The van der Waals surface area contributed by atoms with E-state index in [4.69, 9.17) is 5.26 Å². The molecule has 4 aliphatic rings. The normalized spacial score (nSPS) is 40.7. The van der Waals surface area contributed by atoms with Crippen LogP contribution in [0.1, 0.15) is 58.3 Å². The average Bonchev–Trinajstić information content (AvgIpc) is 2.25. The monoisotopic (exact) mass is 260 g/mol. The van der Waals surface area contributed by atoms with E-state index in [1.54, 1.807) is 0 Å². The van der Waals surface area contributed by atoms with Crippen molar-refractivity contribution in [3.63, 3.8) is 0 Å². The summed E-state index contributed by atoms with van der Waals surface area (Å²) in [5.41, 5.74) is 0.311. The minimum atomic E-state index is -0.00795. The molecule has 1 amide bonds. The number of rotatable bonds is 4. The Morgan fingerprint density at radius 1 is 1.26 bits per heavy atom. The number of hydrogen-bond acceptors (Lipinski definition) is 2. The van der Waals surface area contributed by atoms with Crippen molar-refractivity contribution >= 4 is 5.91 Å². The lowest BCUT2D eigenvalue weighted by molar-refractivity contribution is -0.130. The predicted molar refractivity (Wildman–Crippen MR) is 73.1 cm³/mol. The van der Waals surface area contributed by atoms with Gasteiger partial charge in [-0.15, -0.1) is 0 Å². The van der Waals surface area contributed by atoms with E-state index >= 15 is 0 Å². The zero-order valence-corrected chi connectivity index (χ0v) is 11.8. The van der Waals surface area contributed by atoms with Gasteiger partial charge in [-0.05, 0) is 68.6 Å². The van der Waals surface area contributed by atoms with Gasteiger partial charge in [0, 0.05) is 12.5 Å². The van der Waals surface area contributed by atoms with Crippen molar-refractivity contribution in [2.24, 2.45) is 23.2 Å². The molecule has 4 saturated carbocycles. The van der Waals surface area contributed by atoms with Crippen molar-refractivity contribution in [3.8, 4) is 6.07 Å². The van der Waals surface area contributed by atoms with E-state index in [9.17, 15) is 4.79 Å². The van der Waals surface area contributed by atoms with Crippen LogP contribution in [0.15, 0.2) is 0 Å². The van der Waals surface area contributed by atoms with Gasteiger partial charge in [-0.1, -0.05) is 0 Å². The first-order valence-corrected chi connectivity index (χ1v) is 7.75. The van der Waals surface area contributed by atoms with E-state index in [0.717, 1.165) is 17.8 Å². The van der Waals surface area contributed by atoms with Gasteiger partial charge in [-0.25, -0.2) is 0 Å². The summed E-state index contributed by atoms with van der Waals surface area (Å²) >= 11 is 0. The number of nitriles is 1. The molecule has 0 spiro atoms. The highest BCUT2D eigenvalue weighted by Gasteiger charge is 2.51. The molecular weight excluding hydrogens is 236 g/mol. The van der Waals surface area contributed by atoms with Crippen molar-refractivity contribution < 1.29 is 4.79 Å². The maximum absolute atomic E-state index is 12.2. The summed E-state index contributed by atoms with van der Waals surface area (Å²) in [5.74, 6) is 2.87. The van der Waals surface area contributed by atoms with Gasteiger partial charge < -0.3 is 5.32 Å². The summed E-state index contributed by atoms with van der Waals surface area (Å²) in [4.78, 5) is 12.2. The molecule has 4 aliphatic carbocycles. The molecule has 19 heavy (non-hydrogen) atoms. The van der Waals surface area contributed by atoms with Crippen LogP contribution in [-0.4, -0.2) is 11.9 Å². The van der Waals surface area contributed by atoms with E-state index in [0.29, 0.717) is 18.3 Å². The van der Waals surface area contributed by atoms with Crippen LogP contribution in [0.3, 0.4) is 0 Å².